The molecule has 7 aliphatic heterocycles. The van der Waals surface area contributed by atoms with Crippen molar-refractivity contribution in [1.29, 1.82) is 0 Å². The molecule has 6 nitrogen and oxygen atoms in total. The molecule has 7 aliphatic rings. The topological polar surface area (TPSA) is 72.2 Å². The van der Waals surface area contributed by atoms with Gasteiger partial charge in [-0.15, -0.1) is 0 Å². The van der Waals surface area contributed by atoms with Gasteiger partial charge in [-0.2, -0.15) is 0 Å². The second-order valence-electron chi connectivity index (χ2n) is 21.8. The van der Waals surface area contributed by atoms with Crippen molar-refractivity contribution in [2.75, 3.05) is 0 Å². The zero-order chi connectivity index (χ0) is 55.8. The van der Waals surface area contributed by atoms with Gasteiger partial charge in [0.1, 0.15) is 0 Å². The van der Waals surface area contributed by atoms with E-state index in [1.54, 1.807) is 0 Å². The molecular formula is C52H46F20N6. The van der Waals surface area contributed by atoms with Gasteiger partial charge in [-0.3, -0.25) is 0 Å². The van der Waals surface area contributed by atoms with E-state index in [1.165, 1.54) is 0 Å². The van der Waals surface area contributed by atoms with Crippen LogP contribution < -0.4 is 31.9 Å². The Balaban J connectivity index is 1.04. The average molecular weight is 1130 g/mol. The largest absolute Gasteiger partial charge is 0.310 e. The Morgan fingerprint density at radius 1 is 0.154 bits per heavy atom. The number of nitrogens with one attached hydrogen (secondary N) is 6. The highest BCUT2D eigenvalue weighted by molar-refractivity contribution is 5.37. The first-order chi connectivity index (χ1) is 37.0. The minimum atomic E-state index is -2.49. The maximum atomic E-state index is 16.1. The summed E-state index contributed by atoms with van der Waals surface area (Å²) in [7, 11) is 0. The Kier molecular flexibility index (Phi) is 14.6. The fraction of sp³-hybridized carbons (Fsp3) is 0.538. The Hall–Kier alpha value is -4.76. The van der Waals surface area contributed by atoms with Crippen LogP contribution in [0.2, 0.25) is 0 Å². The first-order valence-corrected chi connectivity index (χ1v) is 25.6. The standard InChI is InChI=1S/C52H46F20N6/c53-33-29(34(54)42(62)49(69)41(33)61)25-17-5-1-13(73-17)14-2-6-18(74-14)26(30-35(55)43(63)50(70)44(64)36(30)56)22-11-12-24(78-22)28(32-39(59)47(67)52(72)48(68)40(32)60)20-8-4-16(76-20)15-3-7-19(75-15)27(23-10-9-21(25)77-23)31-37(57)45(65)51(71)46(66)38(31)58/h13-28,73-78H,1-12H2. The van der Waals surface area contributed by atoms with Gasteiger partial charge in [0.15, 0.2) is 93.1 Å². The van der Waals surface area contributed by atoms with Gasteiger partial charge < -0.3 is 31.9 Å². The third-order valence-electron chi connectivity index (χ3n) is 18.0. The monoisotopic (exact) mass is 1130 g/mol. The van der Waals surface area contributed by atoms with E-state index in [4.69, 9.17) is 0 Å². The number of hydrogen-bond donors (Lipinski definition) is 6. The van der Waals surface area contributed by atoms with Crippen LogP contribution in [0.15, 0.2) is 0 Å². The van der Waals surface area contributed by atoms with Crippen LogP contribution in [0.3, 0.4) is 0 Å². The molecule has 7 fully saturated rings. The van der Waals surface area contributed by atoms with E-state index in [9.17, 15) is 17.6 Å². The van der Waals surface area contributed by atoms with Crippen molar-refractivity contribution >= 4 is 0 Å². The fourth-order valence-corrected chi connectivity index (χ4v) is 14.7. The summed E-state index contributed by atoms with van der Waals surface area (Å²) in [5.41, 5.74) is -5.16. The van der Waals surface area contributed by atoms with Crippen molar-refractivity contribution in [2.24, 2.45) is 0 Å². The minimum absolute atomic E-state index is 0.0355. The van der Waals surface area contributed by atoms with Gasteiger partial charge in [-0.1, -0.05) is 0 Å². The van der Waals surface area contributed by atoms with Gasteiger partial charge in [0.05, 0.1) is 0 Å². The van der Waals surface area contributed by atoms with Gasteiger partial charge in [0, 0.05) is 118 Å². The van der Waals surface area contributed by atoms with E-state index < -0.39 is 235 Å². The quantitative estimate of drug-likeness (QED) is 0.0695. The second kappa shape index (κ2) is 20.7. The van der Waals surface area contributed by atoms with Crippen LogP contribution in [0, 0.1) is 116 Å². The number of fused-ring (bicyclic) bond motifs is 14. The van der Waals surface area contributed by atoms with Crippen LogP contribution >= 0.6 is 0 Å². The van der Waals surface area contributed by atoms with Gasteiger partial charge in [0.2, 0.25) is 23.3 Å². The highest BCUT2D eigenvalue weighted by Crippen LogP contribution is 2.48. The lowest BCUT2D eigenvalue weighted by atomic mass is 9.82. The smallest absolute Gasteiger partial charge is 0.200 e. The summed E-state index contributed by atoms with van der Waals surface area (Å²) in [4.78, 5) is 0. The molecular weight excluding hydrogens is 1090 g/mol. The van der Waals surface area contributed by atoms with E-state index in [2.05, 4.69) is 31.9 Å². The Morgan fingerprint density at radius 3 is 0.397 bits per heavy atom. The van der Waals surface area contributed by atoms with Gasteiger partial charge in [-0.05, 0) is 77.0 Å². The van der Waals surface area contributed by atoms with Crippen molar-refractivity contribution in [1.82, 2.24) is 31.9 Å². The van der Waals surface area contributed by atoms with Crippen molar-refractivity contribution in [3.05, 3.63) is 139 Å². The van der Waals surface area contributed by atoms with Crippen LogP contribution in [0.1, 0.15) is 123 Å². The first-order valence-electron chi connectivity index (χ1n) is 25.6. The molecule has 12 bridgehead atoms. The molecule has 0 spiro atoms. The molecule has 16 atom stereocenters. The van der Waals surface area contributed by atoms with E-state index in [0.29, 0.717) is 0 Å². The van der Waals surface area contributed by atoms with Crippen LogP contribution in [-0.4, -0.2) is 72.5 Å². The van der Waals surface area contributed by atoms with Gasteiger partial charge >= 0.3 is 0 Å². The molecule has 0 amide bonds. The lowest BCUT2D eigenvalue weighted by Gasteiger charge is -2.36. The maximum absolute atomic E-state index is 16.1. The molecule has 0 aliphatic carbocycles. The second-order valence-corrected chi connectivity index (χ2v) is 21.8. The molecule has 78 heavy (non-hydrogen) atoms. The number of rotatable bonds is 4. The molecule has 7 heterocycles. The lowest BCUT2D eigenvalue weighted by molar-refractivity contribution is 0.284. The molecule has 7 saturated heterocycles. The van der Waals surface area contributed by atoms with E-state index >= 15 is 70.2 Å². The third-order valence-corrected chi connectivity index (χ3v) is 18.0. The van der Waals surface area contributed by atoms with Crippen molar-refractivity contribution in [3.63, 3.8) is 0 Å². The minimum Gasteiger partial charge on any atom is -0.310 e. The predicted molar refractivity (Wildman–Crippen MR) is 236 cm³/mol. The third kappa shape index (κ3) is 8.68. The highest BCUT2D eigenvalue weighted by Gasteiger charge is 2.53. The molecule has 16 unspecified atom stereocenters. The lowest BCUT2D eigenvalue weighted by Crippen LogP contribution is -2.53. The van der Waals surface area contributed by atoms with Crippen molar-refractivity contribution in [2.45, 2.75) is 173 Å². The molecule has 0 saturated carbocycles. The van der Waals surface area contributed by atoms with Crippen LogP contribution in [0.25, 0.3) is 0 Å². The summed E-state index contributed by atoms with van der Waals surface area (Å²) in [6.07, 6.45) is -1.29. The SMILES string of the molecule is Fc1c(F)c(F)c(C2C3CCC(N3)C3CCC(N3)C(c3c(F)c(F)c(F)c(F)c3F)C3CCC(N3)C(c3c(F)c(F)c(F)c(F)c3F)C3CCC(N3)C3CCC(N3)C(c3c(F)c(F)c(F)c(F)c3F)C3CCC2N3)c(F)c1F. The van der Waals surface area contributed by atoms with Crippen LogP contribution in [0.5, 0.6) is 0 Å². The van der Waals surface area contributed by atoms with Crippen molar-refractivity contribution < 1.29 is 87.8 Å². The molecule has 6 N–H and O–H groups in total. The number of benzene rings is 4. The molecule has 0 aromatic heterocycles. The number of hydrogen-bond acceptors (Lipinski definition) is 6. The fourth-order valence-electron chi connectivity index (χ4n) is 14.7. The van der Waals surface area contributed by atoms with E-state index in [0.717, 1.165) is 0 Å². The zero-order valence-corrected chi connectivity index (χ0v) is 40.3. The normalized spacial score (nSPS) is 34.0. The molecule has 424 valence electrons. The van der Waals surface area contributed by atoms with E-state index in [1.807, 2.05) is 0 Å². The van der Waals surface area contributed by atoms with Gasteiger partial charge in [-0.25, -0.2) is 87.8 Å². The summed E-state index contributed by atoms with van der Waals surface area (Å²) in [6, 6.07) is -13.8. The Labute approximate surface area is 430 Å². The predicted octanol–water partition coefficient (Wildman–Crippen LogP) is 10.6. The highest BCUT2D eigenvalue weighted by atomic mass is 19.2. The van der Waals surface area contributed by atoms with Crippen molar-refractivity contribution in [3.8, 4) is 0 Å². The summed E-state index contributed by atoms with van der Waals surface area (Å²) >= 11 is 0. The first kappa shape index (κ1) is 55.2. The average Bonchev–Trinajstić information content (AvgIpc) is 4.32. The molecule has 4 aromatic rings. The Bertz CT molecular complexity index is 2560. The van der Waals surface area contributed by atoms with Crippen LogP contribution in [0.4, 0.5) is 87.8 Å². The summed E-state index contributed by atoms with van der Waals surface area (Å²) in [5.74, 6) is -53.1. The number of halogens is 20. The summed E-state index contributed by atoms with van der Waals surface area (Å²) in [6.45, 7) is 0. The molecule has 11 rings (SSSR count). The van der Waals surface area contributed by atoms with Crippen LogP contribution in [-0.2, 0) is 0 Å². The molecule has 26 heteroatoms. The summed E-state index contributed by atoms with van der Waals surface area (Å²) in [5, 5.41) is 18.6. The van der Waals surface area contributed by atoms with Gasteiger partial charge in [0.25, 0.3) is 0 Å². The summed E-state index contributed by atoms with van der Waals surface area (Å²) < 4.78 is 309. The maximum Gasteiger partial charge on any atom is 0.200 e. The molecule has 0 radical (unpaired) electrons. The molecule has 4 aromatic carbocycles. The zero-order valence-electron chi connectivity index (χ0n) is 40.3. The Morgan fingerprint density at radius 2 is 0.256 bits per heavy atom. The van der Waals surface area contributed by atoms with E-state index in [-0.39, 0.29) is 77.0 Å².